The maximum atomic E-state index is 6.22. The summed E-state index contributed by atoms with van der Waals surface area (Å²) < 4.78 is 5.63. The van der Waals surface area contributed by atoms with Gasteiger partial charge in [-0.1, -0.05) is 0 Å². The van der Waals surface area contributed by atoms with Crippen LogP contribution < -0.4 is 5.73 Å². The molecule has 2 N–H and O–H groups in total. The van der Waals surface area contributed by atoms with Gasteiger partial charge in [0.25, 0.3) is 0 Å². The number of nitrogens with zero attached hydrogens (tertiary/aromatic N) is 2. The van der Waals surface area contributed by atoms with Crippen LogP contribution >= 0.6 is 0 Å². The zero-order valence-electron chi connectivity index (χ0n) is 13.2. The molecule has 116 valence electrons. The molecule has 0 spiro atoms. The quantitative estimate of drug-likeness (QED) is 0.825. The van der Waals surface area contributed by atoms with Gasteiger partial charge in [-0.15, -0.1) is 0 Å². The van der Waals surface area contributed by atoms with Gasteiger partial charge in [-0.2, -0.15) is 0 Å². The molecular formula is C16H31N3O. The molecule has 4 nitrogen and oxygen atoms in total. The van der Waals surface area contributed by atoms with Crippen LogP contribution in [0.5, 0.6) is 0 Å². The molecule has 1 aliphatic carbocycles. The van der Waals surface area contributed by atoms with E-state index in [2.05, 4.69) is 23.8 Å². The van der Waals surface area contributed by atoms with Gasteiger partial charge < -0.3 is 10.5 Å². The van der Waals surface area contributed by atoms with E-state index in [0.29, 0.717) is 12.0 Å². The van der Waals surface area contributed by atoms with Gasteiger partial charge in [-0.25, -0.2) is 0 Å². The Kier molecular flexibility index (Phi) is 4.37. The zero-order chi connectivity index (χ0) is 14.2. The van der Waals surface area contributed by atoms with Crippen molar-refractivity contribution in [3.05, 3.63) is 0 Å². The molecule has 0 aromatic heterocycles. The molecule has 2 aliphatic heterocycles. The van der Waals surface area contributed by atoms with E-state index in [0.717, 1.165) is 32.3 Å². The second kappa shape index (κ2) is 5.91. The fraction of sp³-hybridized carbons (Fsp3) is 1.00. The Morgan fingerprint density at radius 2 is 2.15 bits per heavy atom. The van der Waals surface area contributed by atoms with Crippen LogP contribution in [0.1, 0.15) is 39.0 Å². The highest BCUT2D eigenvalue weighted by molar-refractivity contribution is 5.06. The van der Waals surface area contributed by atoms with Gasteiger partial charge in [0.15, 0.2) is 0 Å². The molecule has 4 heteroatoms. The maximum absolute atomic E-state index is 6.22. The molecule has 3 aliphatic rings. The molecule has 0 bridgehead atoms. The highest BCUT2D eigenvalue weighted by Crippen LogP contribution is 2.39. The van der Waals surface area contributed by atoms with Crippen LogP contribution in [0.25, 0.3) is 0 Å². The SMILES string of the molecule is CC1CC(CN)(N(C)CC2CCCOC2)CN1C1CC1. The standard InChI is InChI=1S/C16H31N3O/c1-13-8-16(11-17,12-19(13)15-5-6-15)18(2)9-14-4-3-7-20-10-14/h13-15H,3-12,17H2,1-2H3. The minimum atomic E-state index is 0.194. The average Bonchev–Trinajstić information content (AvgIpc) is 3.24. The summed E-state index contributed by atoms with van der Waals surface area (Å²) in [6.07, 6.45) is 6.55. The van der Waals surface area contributed by atoms with Crippen molar-refractivity contribution < 1.29 is 4.74 Å². The third-order valence-electron chi connectivity index (χ3n) is 5.71. The van der Waals surface area contributed by atoms with Crippen molar-refractivity contribution in [2.75, 3.05) is 39.9 Å². The van der Waals surface area contributed by atoms with Gasteiger partial charge >= 0.3 is 0 Å². The molecule has 0 amide bonds. The van der Waals surface area contributed by atoms with Gasteiger partial charge in [0.1, 0.15) is 0 Å². The predicted octanol–water partition coefficient (Wildman–Crippen LogP) is 1.30. The molecular weight excluding hydrogens is 250 g/mol. The summed E-state index contributed by atoms with van der Waals surface area (Å²) in [6, 6.07) is 1.54. The van der Waals surface area contributed by atoms with Gasteiger partial charge in [0.05, 0.1) is 6.61 Å². The first-order valence-electron chi connectivity index (χ1n) is 8.39. The lowest BCUT2D eigenvalue weighted by atomic mass is 9.92. The Balaban J connectivity index is 1.62. The Bertz CT molecular complexity index is 328. The van der Waals surface area contributed by atoms with Crippen molar-refractivity contribution >= 4 is 0 Å². The summed E-state index contributed by atoms with van der Waals surface area (Å²) in [5, 5.41) is 0. The molecule has 0 aromatic carbocycles. The van der Waals surface area contributed by atoms with Crippen LogP contribution in [0.3, 0.4) is 0 Å². The van der Waals surface area contributed by atoms with Gasteiger partial charge in [-0.3, -0.25) is 9.80 Å². The van der Waals surface area contributed by atoms with Crippen molar-refractivity contribution in [2.45, 2.75) is 56.7 Å². The molecule has 3 fully saturated rings. The molecule has 3 unspecified atom stereocenters. The third-order valence-corrected chi connectivity index (χ3v) is 5.71. The van der Waals surface area contributed by atoms with Gasteiger partial charge in [-0.05, 0) is 52.0 Å². The Morgan fingerprint density at radius 1 is 1.35 bits per heavy atom. The Hall–Kier alpha value is -0.160. The van der Waals surface area contributed by atoms with Crippen LogP contribution in [0, 0.1) is 5.92 Å². The Labute approximate surface area is 123 Å². The van der Waals surface area contributed by atoms with Crippen molar-refractivity contribution in [3.8, 4) is 0 Å². The summed E-state index contributed by atoms with van der Waals surface area (Å²) in [4.78, 5) is 5.27. The summed E-state index contributed by atoms with van der Waals surface area (Å²) in [6.45, 7) is 7.36. The van der Waals surface area contributed by atoms with Crippen molar-refractivity contribution in [1.29, 1.82) is 0 Å². The zero-order valence-corrected chi connectivity index (χ0v) is 13.2. The van der Waals surface area contributed by atoms with E-state index in [1.165, 1.54) is 38.6 Å². The van der Waals surface area contributed by atoms with Crippen LogP contribution in [-0.2, 0) is 4.74 Å². The number of likely N-dealkylation sites (tertiary alicyclic amines) is 1. The van der Waals surface area contributed by atoms with Gasteiger partial charge in [0, 0.05) is 43.9 Å². The monoisotopic (exact) mass is 281 g/mol. The topological polar surface area (TPSA) is 41.7 Å². The molecule has 20 heavy (non-hydrogen) atoms. The second-order valence-electron chi connectivity index (χ2n) is 7.35. The van der Waals surface area contributed by atoms with Gasteiger partial charge in [0.2, 0.25) is 0 Å². The molecule has 2 heterocycles. The number of nitrogens with two attached hydrogens (primary N) is 1. The molecule has 3 atom stereocenters. The smallest absolute Gasteiger partial charge is 0.0506 e. The fourth-order valence-corrected chi connectivity index (χ4v) is 4.24. The number of ether oxygens (including phenoxy) is 1. The van der Waals surface area contributed by atoms with Crippen molar-refractivity contribution in [1.82, 2.24) is 9.80 Å². The minimum absolute atomic E-state index is 0.194. The van der Waals surface area contributed by atoms with E-state index in [4.69, 9.17) is 10.5 Å². The highest BCUT2D eigenvalue weighted by atomic mass is 16.5. The van der Waals surface area contributed by atoms with E-state index in [1.807, 2.05) is 0 Å². The summed E-state index contributed by atoms with van der Waals surface area (Å²) in [5.41, 5.74) is 6.41. The summed E-state index contributed by atoms with van der Waals surface area (Å²) >= 11 is 0. The molecule has 2 saturated heterocycles. The predicted molar refractivity (Wildman–Crippen MR) is 81.8 cm³/mol. The van der Waals surface area contributed by atoms with E-state index in [9.17, 15) is 0 Å². The number of likely N-dealkylation sites (N-methyl/N-ethyl adjacent to an activating group) is 1. The van der Waals surface area contributed by atoms with Crippen LogP contribution in [-0.4, -0.2) is 67.3 Å². The maximum Gasteiger partial charge on any atom is 0.0506 e. The number of rotatable bonds is 5. The van der Waals surface area contributed by atoms with E-state index in [1.54, 1.807) is 0 Å². The summed E-state index contributed by atoms with van der Waals surface area (Å²) in [7, 11) is 2.28. The molecule has 0 aromatic rings. The lowest BCUT2D eigenvalue weighted by Crippen LogP contribution is -2.55. The van der Waals surface area contributed by atoms with Crippen LogP contribution in [0.15, 0.2) is 0 Å². The Morgan fingerprint density at radius 3 is 2.75 bits per heavy atom. The third kappa shape index (κ3) is 2.89. The first-order chi connectivity index (χ1) is 9.64. The van der Waals surface area contributed by atoms with Crippen molar-refractivity contribution in [2.24, 2.45) is 11.7 Å². The first kappa shape index (κ1) is 14.8. The highest BCUT2D eigenvalue weighted by Gasteiger charge is 2.48. The lowest BCUT2D eigenvalue weighted by Gasteiger charge is -2.40. The van der Waals surface area contributed by atoms with E-state index < -0.39 is 0 Å². The average molecular weight is 281 g/mol. The largest absolute Gasteiger partial charge is 0.381 e. The minimum Gasteiger partial charge on any atom is -0.381 e. The fourth-order valence-electron chi connectivity index (χ4n) is 4.24. The van der Waals surface area contributed by atoms with Crippen molar-refractivity contribution in [3.63, 3.8) is 0 Å². The van der Waals surface area contributed by atoms with Crippen LogP contribution in [0.2, 0.25) is 0 Å². The molecule has 1 saturated carbocycles. The number of hydrogen-bond donors (Lipinski definition) is 1. The summed E-state index contributed by atoms with van der Waals surface area (Å²) in [5.74, 6) is 0.697. The molecule has 0 radical (unpaired) electrons. The lowest BCUT2D eigenvalue weighted by molar-refractivity contribution is 0.0219. The number of hydrogen-bond acceptors (Lipinski definition) is 4. The normalized spacial score (nSPS) is 39.6. The second-order valence-corrected chi connectivity index (χ2v) is 7.35. The van der Waals surface area contributed by atoms with E-state index in [-0.39, 0.29) is 5.54 Å². The molecule has 3 rings (SSSR count). The first-order valence-corrected chi connectivity index (χ1v) is 8.39. The van der Waals surface area contributed by atoms with Crippen LogP contribution in [0.4, 0.5) is 0 Å². The van der Waals surface area contributed by atoms with E-state index >= 15 is 0 Å².